The van der Waals surface area contributed by atoms with E-state index in [1.54, 1.807) is 0 Å². The molecule has 0 saturated carbocycles. The summed E-state index contributed by atoms with van der Waals surface area (Å²) in [6, 6.07) is 10.5. The van der Waals surface area contributed by atoms with Gasteiger partial charge in [0.25, 0.3) is 0 Å². The molecule has 1 aromatic rings. The van der Waals surface area contributed by atoms with Gasteiger partial charge in [0.15, 0.2) is 0 Å². The van der Waals surface area contributed by atoms with Gasteiger partial charge in [-0.15, -0.1) is 0 Å². The molecule has 1 heterocycles. The molecule has 0 unspecified atom stereocenters. The predicted molar refractivity (Wildman–Crippen MR) is 60.3 cm³/mol. The Morgan fingerprint density at radius 2 is 2.00 bits per heavy atom. The standard InChI is InChI=1S/C12H18N2O/c13-12-8-14(7-11(12)9-15)6-10-4-2-1-3-5-10/h1-5,11-12,15H,6-9,13H2/t11-,12+/m1/s1. The molecule has 0 spiro atoms. The highest BCUT2D eigenvalue weighted by Gasteiger charge is 2.29. The van der Waals surface area contributed by atoms with Crippen molar-refractivity contribution >= 4 is 0 Å². The van der Waals surface area contributed by atoms with Crippen molar-refractivity contribution in [2.24, 2.45) is 11.7 Å². The molecule has 0 amide bonds. The van der Waals surface area contributed by atoms with E-state index in [0.29, 0.717) is 0 Å². The predicted octanol–water partition coefficient (Wildman–Crippen LogP) is 0.438. The number of hydrogen-bond donors (Lipinski definition) is 2. The van der Waals surface area contributed by atoms with Crippen LogP contribution in [-0.4, -0.2) is 35.7 Å². The van der Waals surface area contributed by atoms with E-state index in [9.17, 15) is 0 Å². The summed E-state index contributed by atoms with van der Waals surface area (Å²) in [6.07, 6.45) is 0. The zero-order valence-corrected chi connectivity index (χ0v) is 8.84. The number of nitrogens with zero attached hydrogens (tertiary/aromatic N) is 1. The topological polar surface area (TPSA) is 49.5 Å². The Morgan fingerprint density at radius 3 is 2.60 bits per heavy atom. The minimum absolute atomic E-state index is 0.124. The number of benzene rings is 1. The third-order valence-electron chi connectivity index (χ3n) is 3.05. The van der Waals surface area contributed by atoms with Crippen molar-refractivity contribution in [3.05, 3.63) is 35.9 Å². The lowest BCUT2D eigenvalue weighted by Crippen LogP contribution is -2.31. The van der Waals surface area contributed by atoms with Gasteiger partial charge in [0.05, 0.1) is 0 Å². The lowest BCUT2D eigenvalue weighted by Gasteiger charge is -2.15. The Labute approximate surface area is 90.5 Å². The van der Waals surface area contributed by atoms with Crippen molar-refractivity contribution in [1.82, 2.24) is 4.90 Å². The zero-order valence-electron chi connectivity index (χ0n) is 8.84. The zero-order chi connectivity index (χ0) is 10.7. The van der Waals surface area contributed by atoms with E-state index in [0.717, 1.165) is 19.6 Å². The highest BCUT2D eigenvalue weighted by atomic mass is 16.3. The van der Waals surface area contributed by atoms with Crippen LogP contribution in [0.5, 0.6) is 0 Å². The molecule has 0 aliphatic carbocycles. The van der Waals surface area contributed by atoms with Crippen molar-refractivity contribution in [2.45, 2.75) is 12.6 Å². The maximum absolute atomic E-state index is 9.11. The first-order valence-electron chi connectivity index (χ1n) is 5.42. The van der Waals surface area contributed by atoms with Crippen LogP contribution in [0, 0.1) is 5.92 Å². The largest absolute Gasteiger partial charge is 0.396 e. The van der Waals surface area contributed by atoms with Gasteiger partial charge in [-0.3, -0.25) is 4.90 Å². The van der Waals surface area contributed by atoms with Crippen LogP contribution in [-0.2, 0) is 6.54 Å². The first kappa shape index (κ1) is 10.6. The first-order chi connectivity index (χ1) is 7.29. The van der Waals surface area contributed by atoms with Crippen molar-refractivity contribution in [2.75, 3.05) is 19.7 Å². The molecule has 0 bridgehead atoms. The van der Waals surface area contributed by atoms with Crippen LogP contribution in [0.3, 0.4) is 0 Å². The van der Waals surface area contributed by atoms with Gasteiger partial charge in [0.1, 0.15) is 0 Å². The van der Waals surface area contributed by atoms with E-state index in [2.05, 4.69) is 29.2 Å². The summed E-state index contributed by atoms with van der Waals surface area (Å²) in [7, 11) is 0. The molecule has 1 fully saturated rings. The van der Waals surface area contributed by atoms with Gasteiger partial charge in [-0.25, -0.2) is 0 Å². The summed E-state index contributed by atoms with van der Waals surface area (Å²) in [6.45, 7) is 2.93. The van der Waals surface area contributed by atoms with E-state index in [1.807, 2.05) is 6.07 Å². The second-order valence-corrected chi connectivity index (χ2v) is 4.29. The molecule has 3 heteroatoms. The quantitative estimate of drug-likeness (QED) is 0.754. The second-order valence-electron chi connectivity index (χ2n) is 4.29. The number of likely N-dealkylation sites (tertiary alicyclic amines) is 1. The van der Waals surface area contributed by atoms with Crippen LogP contribution in [0.4, 0.5) is 0 Å². The summed E-state index contributed by atoms with van der Waals surface area (Å²) in [5.74, 6) is 0.244. The molecule has 2 atom stereocenters. The van der Waals surface area contributed by atoms with E-state index < -0.39 is 0 Å². The molecule has 1 aliphatic heterocycles. The minimum Gasteiger partial charge on any atom is -0.396 e. The molecule has 0 aromatic heterocycles. The fraction of sp³-hybridized carbons (Fsp3) is 0.500. The normalized spacial score (nSPS) is 27.1. The van der Waals surface area contributed by atoms with Crippen molar-refractivity contribution in [3.8, 4) is 0 Å². The molecule has 1 aliphatic rings. The monoisotopic (exact) mass is 206 g/mol. The van der Waals surface area contributed by atoms with E-state index in [4.69, 9.17) is 10.8 Å². The number of rotatable bonds is 3. The van der Waals surface area contributed by atoms with E-state index >= 15 is 0 Å². The lowest BCUT2D eigenvalue weighted by molar-refractivity contribution is 0.214. The smallest absolute Gasteiger partial charge is 0.0486 e. The van der Waals surface area contributed by atoms with Crippen LogP contribution in [0.15, 0.2) is 30.3 Å². The molecule has 1 saturated heterocycles. The molecule has 3 nitrogen and oxygen atoms in total. The average molecular weight is 206 g/mol. The summed E-state index contributed by atoms with van der Waals surface area (Å²) < 4.78 is 0. The fourth-order valence-electron chi connectivity index (χ4n) is 2.15. The maximum atomic E-state index is 9.11. The van der Waals surface area contributed by atoms with Crippen LogP contribution < -0.4 is 5.73 Å². The summed E-state index contributed by atoms with van der Waals surface area (Å²) in [5, 5.41) is 9.11. The molecule has 0 radical (unpaired) electrons. The van der Waals surface area contributed by atoms with Crippen LogP contribution in [0.1, 0.15) is 5.56 Å². The molecular weight excluding hydrogens is 188 g/mol. The van der Waals surface area contributed by atoms with Gasteiger partial charge >= 0.3 is 0 Å². The first-order valence-corrected chi connectivity index (χ1v) is 5.42. The summed E-state index contributed by atoms with van der Waals surface area (Å²) >= 11 is 0. The van der Waals surface area contributed by atoms with Gasteiger partial charge in [-0.05, 0) is 5.56 Å². The van der Waals surface area contributed by atoms with Gasteiger partial charge < -0.3 is 10.8 Å². The van der Waals surface area contributed by atoms with E-state index in [1.165, 1.54) is 5.56 Å². The highest BCUT2D eigenvalue weighted by molar-refractivity contribution is 5.14. The molecule has 3 N–H and O–H groups in total. The van der Waals surface area contributed by atoms with Crippen molar-refractivity contribution in [3.63, 3.8) is 0 Å². The SMILES string of the molecule is N[C@H]1CN(Cc2ccccc2)C[C@@H]1CO. The fourth-order valence-corrected chi connectivity index (χ4v) is 2.15. The second kappa shape index (κ2) is 4.75. The summed E-state index contributed by atoms with van der Waals surface area (Å²) in [5.41, 5.74) is 7.24. The van der Waals surface area contributed by atoms with Crippen LogP contribution in [0.2, 0.25) is 0 Å². The van der Waals surface area contributed by atoms with Crippen LogP contribution in [0.25, 0.3) is 0 Å². The Balaban J connectivity index is 1.92. The van der Waals surface area contributed by atoms with E-state index in [-0.39, 0.29) is 18.6 Å². The number of hydrogen-bond acceptors (Lipinski definition) is 3. The average Bonchev–Trinajstić information content (AvgIpc) is 2.60. The van der Waals surface area contributed by atoms with Crippen molar-refractivity contribution < 1.29 is 5.11 Å². The molecule has 1 aromatic carbocycles. The molecule has 82 valence electrons. The van der Waals surface area contributed by atoms with Gasteiger partial charge in [0, 0.05) is 38.2 Å². The Bertz CT molecular complexity index is 302. The summed E-state index contributed by atoms with van der Waals surface area (Å²) in [4.78, 5) is 2.31. The Morgan fingerprint density at radius 1 is 1.27 bits per heavy atom. The third kappa shape index (κ3) is 2.56. The Hall–Kier alpha value is -0.900. The van der Waals surface area contributed by atoms with Gasteiger partial charge in [0.2, 0.25) is 0 Å². The lowest BCUT2D eigenvalue weighted by atomic mass is 10.1. The highest BCUT2D eigenvalue weighted by Crippen LogP contribution is 2.17. The third-order valence-corrected chi connectivity index (χ3v) is 3.05. The molecule has 2 rings (SSSR count). The molecule has 15 heavy (non-hydrogen) atoms. The van der Waals surface area contributed by atoms with Gasteiger partial charge in [-0.1, -0.05) is 30.3 Å². The Kier molecular flexibility index (Phi) is 3.36. The van der Waals surface area contributed by atoms with Crippen LogP contribution >= 0.6 is 0 Å². The number of aliphatic hydroxyl groups is 1. The number of nitrogens with two attached hydrogens (primary N) is 1. The van der Waals surface area contributed by atoms with Crippen molar-refractivity contribution in [1.29, 1.82) is 0 Å². The minimum atomic E-state index is 0.124. The molecular formula is C12H18N2O. The maximum Gasteiger partial charge on any atom is 0.0486 e. The number of aliphatic hydroxyl groups excluding tert-OH is 1. The van der Waals surface area contributed by atoms with Gasteiger partial charge in [-0.2, -0.15) is 0 Å².